The van der Waals surface area contributed by atoms with Crippen LogP contribution in [0.3, 0.4) is 0 Å². The second-order valence-electron chi connectivity index (χ2n) is 3.25. The Morgan fingerprint density at radius 3 is 2.56 bits per heavy atom. The fraction of sp³-hybridized carbons (Fsp3) is 0.300. The van der Waals surface area contributed by atoms with Crippen molar-refractivity contribution in [2.75, 3.05) is 13.6 Å². The molecule has 6 heteroatoms. The van der Waals surface area contributed by atoms with Gasteiger partial charge in [0.2, 0.25) is 10.0 Å². The van der Waals surface area contributed by atoms with Crippen molar-refractivity contribution in [2.24, 2.45) is 0 Å². The minimum atomic E-state index is -3.58. The molecule has 0 heterocycles. The summed E-state index contributed by atoms with van der Waals surface area (Å²) in [6, 6.07) is 5.31. The SMILES string of the molecule is CCN(C)S(=O)(=O)c1cccc(C(=O)O)c1. The molecule has 0 saturated heterocycles. The molecule has 0 fully saturated rings. The van der Waals surface area contributed by atoms with Gasteiger partial charge in [-0.3, -0.25) is 0 Å². The third-order valence-corrected chi connectivity index (χ3v) is 4.16. The number of carboxylic acids is 1. The minimum absolute atomic E-state index is 0.00301. The molecule has 0 aliphatic rings. The molecule has 0 aromatic heterocycles. The maximum atomic E-state index is 11.9. The van der Waals surface area contributed by atoms with Crippen molar-refractivity contribution in [3.8, 4) is 0 Å². The zero-order chi connectivity index (χ0) is 12.3. The van der Waals surface area contributed by atoms with Gasteiger partial charge in [-0.1, -0.05) is 13.0 Å². The van der Waals surface area contributed by atoms with Gasteiger partial charge >= 0.3 is 5.97 Å². The summed E-state index contributed by atoms with van der Waals surface area (Å²) in [6.07, 6.45) is 0. The van der Waals surface area contributed by atoms with Gasteiger partial charge in [0.15, 0.2) is 0 Å². The molecule has 0 unspecified atom stereocenters. The predicted molar refractivity (Wildman–Crippen MR) is 58.9 cm³/mol. The molecular formula is C10H13NO4S. The number of aromatic carboxylic acids is 1. The van der Waals surface area contributed by atoms with E-state index in [-0.39, 0.29) is 10.5 Å². The molecule has 0 saturated carbocycles. The van der Waals surface area contributed by atoms with Gasteiger partial charge in [0, 0.05) is 13.6 Å². The lowest BCUT2D eigenvalue weighted by Crippen LogP contribution is -2.26. The highest BCUT2D eigenvalue weighted by Gasteiger charge is 2.20. The quantitative estimate of drug-likeness (QED) is 0.856. The lowest BCUT2D eigenvalue weighted by atomic mass is 10.2. The number of nitrogens with zero attached hydrogens (tertiary/aromatic N) is 1. The van der Waals surface area contributed by atoms with Crippen molar-refractivity contribution in [2.45, 2.75) is 11.8 Å². The van der Waals surface area contributed by atoms with E-state index in [0.29, 0.717) is 6.54 Å². The number of hydrogen-bond donors (Lipinski definition) is 1. The molecule has 1 aromatic rings. The summed E-state index contributed by atoms with van der Waals surface area (Å²) in [5, 5.41) is 8.76. The number of carbonyl (C=O) groups is 1. The summed E-state index contributed by atoms with van der Waals surface area (Å²) in [7, 11) is -2.13. The molecule has 0 spiro atoms. The Hall–Kier alpha value is -1.40. The summed E-state index contributed by atoms with van der Waals surface area (Å²) in [6.45, 7) is 2.04. The Morgan fingerprint density at radius 1 is 1.44 bits per heavy atom. The molecule has 0 aliphatic heterocycles. The van der Waals surface area contributed by atoms with E-state index < -0.39 is 16.0 Å². The summed E-state index contributed by atoms with van der Waals surface area (Å²) in [5.41, 5.74) is -0.0365. The summed E-state index contributed by atoms with van der Waals surface area (Å²) in [5.74, 6) is -1.14. The van der Waals surface area contributed by atoms with Gasteiger partial charge < -0.3 is 5.11 Å². The largest absolute Gasteiger partial charge is 0.478 e. The van der Waals surface area contributed by atoms with Crippen LogP contribution in [0.1, 0.15) is 17.3 Å². The maximum absolute atomic E-state index is 11.9. The second-order valence-corrected chi connectivity index (χ2v) is 5.30. The predicted octanol–water partition coefficient (Wildman–Crippen LogP) is 1.03. The Balaban J connectivity index is 3.24. The molecule has 1 aromatic carbocycles. The number of hydrogen-bond acceptors (Lipinski definition) is 3. The Morgan fingerprint density at radius 2 is 2.06 bits per heavy atom. The molecule has 0 atom stereocenters. The van der Waals surface area contributed by atoms with Crippen LogP contribution in [0.2, 0.25) is 0 Å². The van der Waals surface area contributed by atoms with Gasteiger partial charge in [0.25, 0.3) is 0 Å². The van der Waals surface area contributed by atoms with Crippen molar-refractivity contribution < 1.29 is 18.3 Å². The lowest BCUT2D eigenvalue weighted by Gasteiger charge is -2.14. The maximum Gasteiger partial charge on any atom is 0.335 e. The van der Waals surface area contributed by atoms with E-state index in [4.69, 9.17) is 5.11 Å². The highest BCUT2D eigenvalue weighted by Crippen LogP contribution is 2.15. The molecule has 0 radical (unpaired) electrons. The fourth-order valence-corrected chi connectivity index (χ4v) is 2.37. The van der Waals surface area contributed by atoms with Crippen molar-refractivity contribution >= 4 is 16.0 Å². The Bertz CT molecular complexity index is 495. The van der Waals surface area contributed by atoms with Crippen molar-refractivity contribution in [3.63, 3.8) is 0 Å². The number of sulfonamides is 1. The molecule has 0 amide bonds. The van der Waals surface area contributed by atoms with E-state index in [2.05, 4.69) is 0 Å². The molecule has 5 nitrogen and oxygen atoms in total. The molecular weight excluding hydrogens is 230 g/mol. The van der Waals surface area contributed by atoms with Gasteiger partial charge in [-0.2, -0.15) is 0 Å². The third-order valence-electron chi connectivity index (χ3n) is 2.23. The molecule has 1 rings (SSSR count). The van der Waals surface area contributed by atoms with Crippen LogP contribution >= 0.6 is 0 Å². The monoisotopic (exact) mass is 243 g/mol. The molecule has 16 heavy (non-hydrogen) atoms. The van der Waals surface area contributed by atoms with E-state index >= 15 is 0 Å². The van der Waals surface area contributed by atoms with Crippen LogP contribution in [0.15, 0.2) is 29.2 Å². The number of benzene rings is 1. The minimum Gasteiger partial charge on any atom is -0.478 e. The van der Waals surface area contributed by atoms with Crippen LogP contribution in [0.5, 0.6) is 0 Å². The van der Waals surface area contributed by atoms with Crippen LogP contribution in [-0.2, 0) is 10.0 Å². The first-order valence-electron chi connectivity index (χ1n) is 4.69. The first-order valence-corrected chi connectivity index (χ1v) is 6.13. The molecule has 0 aliphatic carbocycles. The lowest BCUT2D eigenvalue weighted by molar-refractivity contribution is 0.0696. The van der Waals surface area contributed by atoms with Crippen LogP contribution in [-0.4, -0.2) is 37.4 Å². The average Bonchev–Trinajstić information content (AvgIpc) is 2.28. The first-order chi connectivity index (χ1) is 7.39. The van der Waals surface area contributed by atoms with Gasteiger partial charge in [-0.05, 0) is 18.2 Å². The van der Waals surface area contributed by atoms with Crippen LogP contribution in [0.4, 0.5) is 0 Å². The van der Waals surface area contributed by atoms with Crippen molar-refractivity contribution in [1.29, 1.82) is 0 Å². The van der Waals surface area contributed by atoms with E-state index in [1.807, 2.05) is 0 Å². The van der Waals surface area contributed by atoms with Gasteiger partial charge in [0.05, 0.1) is 10.5 Å². The second kappa shape index (κ2) is 4.63. The Labute approximate surface area is 94.4 Å². The number of rotatable bonds is 4. The number of carboxylic acid groups (broad SMARTS) is 1. The molecule has 0 bridgehead atoms. The normalized spacial score (nSPS) is 11.7. The molecule has 88 valence electrons. The van der Waals surface area contributed by atoms with Crippen LogP contribution < -0.4 is 0 Å². The average molecular weight is 243 g/mol. The zero-order valence-electron chi connectivity index (χ0n) is 9.04. The molecule has 1 N–H and O–H groups in total. The van der Waals surface area contributed by atoms with Gasteiger partial charge in [-0.25, -0.2) is 17.5 Å². The van der Waals surface area contributed by atoms with E-state index in [0.717, 1.165) is 10.4 Å². The highest BCUT2D eigenvalue weighted by molar-refractivity contribution is 7.89. The van der Waals surface area contributed by atoms with E-state index in [9.17, 15) is 13.2 Å². The topological polar surface area (TPSA) is 74.7 Å². The summed E-state index contributed by atoms with van der Waals surface area (Å²) in [4.78, 5) is 10.7. The summed E-state index contributed by atoms with van der Waals surface area (Å²) >= 11 is 0. The highest BCUT2D eigenvalue weighted by atomic mass is 32.2. The first kappa shape index (κ1) is 12.7. The fourth-order valence-electron chi connectivity index (χ4n) is 1.14. The van der Waals surface area contributed by atoms with E-state index in [1.165, 1.54) is 25.2 Å². The smallest absolute Gasteiger partial charge is 0.335 e. The van der Waals surface area contributed by atoms with E-state index in [1.54, 1.807) is 6.92 Å². The Kier molecular flexibility index (Phi) is 3.66. The third kappa shape index (κ3) is 2.40. The van der Waals surface area contributed by atoms with Gasteiger partial charge in [-0.15, -0.1) is 0 Å². The zero-order valence-corrected chi connectivity index (χ0v) is 9.86. The van der Waals surface area contributed by atoms with Crippen LogP contribution in [0.25, 0.3) is 0 Å². The standard InChI is InChI=1S/C10H13NO4S/c1-3-11(2)16(14,15)9-6-4-5-8(7-9)10(12)13/h4-7H,3H2,1-2H3,(H,12,13). The van der Waals surface area contributed by atoms with Crippen molar-refractivity contribution in [3.05, 3.63) is 29.8 Å². The van der Waals surface area contributed by atoms with Gasteiger partial charge in [0.1, 0.15) is 0 Å². The van der Waals surface area contributed by atoms with Crippen LogP contribution in [0, 0.1) is 0 Å². The summed E-state index contributed by atoms with van der Waals surface area (Å²) < 4.78 is 24.9. The van der Waals surface area contributed by atoms with Crippen molar-refractivity contribution in [1.82, 2.24) is 4.31 Å².